The highest BCUT2D eigenvalue weighted by molar-refractivity contribution is 5.76. The van der Waals surface area contributed by atoms with E-state index in [2.05, 4.69) is 29.4 Å². The van der Waals surface area contributed by atoms with Gasteiger partial charge in [-0.2, -0.15) is 0 Å². The van der Waals surface area contributed by atoms with E-state index in [0.717, 1.165) is 19.0 Å². The van der Waals surface area contributed by atoms with E-state index in [0.29, 0.717) is 18.5 Å². The first-order valence-corrected chi connectivity index (χ1v) is 7.97. The average molecular weight is 267 g/mol. The number of fused-ring (bicyclic) bond motifs is 1. The first-order chi connectivity index (χ1) is 9.20. The average Bonchev–Trinajstić information content (AvgIpc) is 2.82. The molecule has 0 aliphatic carbocycles. The van der Waals surface area contributed by atoms with E-state index >= 15 is 0 Å². The molecule has 3 atom stereocenters. The molecule has 1 amide bonds. The van der Waals surface area contributed by atoms with Crippen molar-refractivity contribution in [2.75, 3.05) is 19.6 Å². The first-order valence-electron chi connectivity index (χ1n) is 7.97. The molecule has 0 bridgehead atoms. The van der Waals surface area contributed by atoms with Crippen LogP contribution in [-0.2, 0) is 4.79 Å². The number of hydrogen-bond acceptors (Lipinski definition) is 3. The number of nitrogens with zero attached hydrogens (tertiary/aromatic N) is 1. The van der Waals surface area contributed by atoms with Crippen LogP contribution in [0.1, 0.15) is 52.4 Å². The monoisotopic (exact) mass is 267 g/mol. The van der Waals surface area contributed by atoms with E-state index in [1.807, 2.05) is 0 Å². The smallest absolute Gasteiger partial charge is 0.221 e. The third-order valence-corrected chi connectivity index (χ3v) is 4.63. The Morgan fingerprint density at radius 3 is 2.95 bits per heavy atom. The van der Waals surface area contributed by atoms with Crippen molar-refractivity contribution in [2.24, 2.45) is 0 Å². The molecule has 2 fully saturated rings. The van der Waals surface area contributed by atoms with Crippen LogP contribution in [0.2, 0.25) is 0 Å². The summed E-state index contributed by atoms with van der Waals surface area (Å²) in [7, 11) is 0. The van der Waals surface area contributed by atoms with Crippen LogP contribution in [0.3, 0.4) is 0 Å². The molecule has 3 unspecified atom stereocenters. The third-order valence-electron chi connectivity index (χ3n) is 4.63. The van der Waals surface area contributed by atoms with Gasteiger partial charge >= 0.3 is 0 Å². The van der Waals surface area contributed by atoms with Crippen molar-refractivity contribution >= 4 is 5.91 Å². The molecule has 2 rings (SSSR count). The van der Waals surface area contributed by atoms with Crippen molar-refractivity contribution < 1.29 is 4.79 Å². The van der Waals surface area contributed by atoms with E-state index in [1.165, 1.54) is 38.8 Å². The lowest BCUT2D eigenvalue weighted by molar-refractivity contribution is -0.121. The molecule has 4 nitrogen and oxygen atoms in total. The first kappa shape index (κ1) is 14.8. The number of carbonyl (C=O) groups excluding carboxylic acids is 1. The highest BCUT2D eigenvalue weighted by atomic mass is 16.1. The van der Waals surface area contributed by atoms with Gasteiger partial charge in [-0.3, -0.25) is 9.69 Å². The van der Waals surface area contributed by atoms with E-state index in [1.54, 1.807) is 0 Å². The minimum absolute atomic E-state index is 0.181. The fourth-order valence-electron chi connectivity index (χ4n) is 3.31. The largest absolute Gasteiger partial charge is 0.354 e. The van der Waals surface area contributed by atoms with E-state index in [9.17, 15) is 4.79 Å². The molecule has 2 aliphatic rings. The summed E-state index contributed by atoms with van der Waals surface area (Å²) in [6.45, 7) is 7.48. The van der Waals surface area contributed by atoms with Crippen molar-refractivity contribution in [3.63, 3.8) is 0 Å². The molecule has 110 valence electrons. The standard InChI is InChI=1S/C15H29N3O/c1-3-12(2)17-15(19)7-9-16-13-8-11-18-10-5-4-6-14(13)18/h12-14,16H,3-11H2,1-2H3,(H,17,19). The Bertz CT molecular complexity index is 295. The van der Waals surface area contributed by atoms with Crippen LogP contribution in [-0.4, -0.2) is 48.6 Å². The third kappa shape index (κ3) is 4.18. The van der Waals surface area contributed by atoms with Gasteiger partial charge in [0.15, 0.2) is 0 Å². The van der Waals surface area contributed by atoms with E-state index < -0.39 is 0 Å². The molecule has 2 heterocycles. The van der Waals surface area contributed by atoms with Crippen molar-refractivity contribution in [2.45, 2.75) is 70.5 Å². The maximum atomic E-state index is 11.7. The van der Waals surface area contributed by atoms with Crippen LogP contribution < -0.4 is 10.6 Å². The van der Waals surface area contributed by atoms with E-state index in [-0.39, 0.29) is 5.91 Å². The molecule has 0 radical (unpaired) electrons. The number of rotatable bonds is 6. The lowest BCUT2D eigenvalue weighted by Crippen LogP contribution is -2.45. The molecular formula is C15H29N3O. The Labute approximate surface area is 117 Å². The number of hydrogen-bond donors (Lipinski definition) is 2. The molecule has 19 heavy (non-hydrogen) atoms. The number of carbonyl (C=O) groups is 1. The Balaban J connectivity index is 1.64. The van der Waals surface area contributed by atoms with Gasteiger partial charge in [-0.25, -0.2) is 0 Å². The maximum Gasteiger partial charge on any atom is 0.221 e. The molecular weight excluding hydrogens is 238 g/mol. The van der Waals surface area contributed by atoms with Gasteiger partial charge in [-0.1, -0.05) is 13.3 Å². The molecule has 2 N–H and O–H groups in total. The highest BCUT2D eigenvalue weighted by Crippen LogP contribution is 2.26. The van der Waals surface area contributed by atoms with Crippen LogP contribution in [0.4, 0.5) is 0 Å². The highest BCUT2D eigenvalue weighted by Gasteiger charge is 2.34. The molecule has 2 saturated heterocycles. The molecule has 0 aromatic heterocycles. The Morgan fingerprint density at radius 1 is 1.32 bits per heavy atom. The Hall–Kier alpha value is -0.610. The van der Waals surface area contributed by atoms with Gasteiger partial charge in [0, 0.05) is 37.6 Å². The quantitative estimate of drug-likeness (QED) is 0.767. The summed E-state index contributed by atoms with van der Waals surface area (Å²) in [5.74, 6) is 0.181. The zero-order valence-electron chi connectivity index (χ0n) is 12.5. The summed E-state index contributed by atoms with van der Waals surface area (Å²) in [6, 6.07) is 1.64. The summed E-state index contributed by atoms with van der Waals surface area (Å²) < 4.78 is 0. The van der Waals surface area contributed by atoms with E-state index in [4.69, 9.17) is 0 Å². The van der Waals surface area contributed by atoms with Crippen LogP contribution in [0.15, 0.2) is 0 Å². The van der Waals surface area contributed by atoms with Gasteiger partial charge in [0.1, 0.15) is 0 Å². The molecule has 2 aliphatic heterocycles. The fourth-order valence-corrected chi connectivity index (χ4v) is 3.31. The van der Waals surface area contributed by atoms with Gasteiger partial charge in [0.2, 0.25) is 5.91 Å². The lowest BCUT2D eigenvalue weighted by Gasteiger charge is -2.32. The second-order valence-electron chi connectivity index (χ2n) is 6.08. The van der Waals surface area contributed by atoms with Crippen molar-refractivity contribution in [3.8, 4) is 0 Å². The van der Waals surface area contributed by atoms with Crippen molar-refractivity contribution in [1.29, 1.82) is 0 Å². The normalized spacial score (nSPS) is 28.9. The molecule has 0 spiro atoms. The second-order valence-corrected chi connectivity index (χ2v) is 6.08. The number of amides is 1. The Morgan fingerprint density at radius 2 is 2.16 bits per heavy atom. The summed E-state index contributed by atoms with van der Waals surface area (Å²) >= 11 is 0. The van der Waals surface area contributed by atoms with Gasteiger partial charge in [-0.05, 0) is 39.2 Å². The number of piperidine rings is 1. The van der Waals surface area contributed by atoms with Crippen LogP contribution in [0, 0.1) is 0 Å². The van der Waals surface area contributed by atoms with Crippen LogP contribution in [0.25, 0.3) is 0 Å². The molecule has 0 saturated carbocycles. The van der Waals surface area contributed by atoms with Gasteiger partial charge < -0.3 is 10.6 Å². The SMILES string of the molecule is CCC(C)NC(=O)CCNC1CCN2CCCCC12. The predicted octanol–water partition coefficient (Wildman–Crippen LogP) is 1.51. The van der Waals surface area contributed by atoms with Gasteiger partial charge in [-0.15, -0.1) is 0 Å². The summed E-state index contributed by atoms with van der Waals surface area (Å²) in [5.41, 5.74) is 0. The summed E-state index contributed by atoms with van der Waals surface area (Å²) in [4.78, 5) is 14.3. The van der Waals surface area contributed by atoms with Gasteiger partial charge in [0.25, 0.3) is 0 Å². The van der Waals surface area contributed by atoms with Crippen molar-refractivity contribution in [1.82, 2.24) is 15.5 Å². The summed E-state index contributed by atoms with van der Waals surface area (Å²) in [5, 5.41) is 6.62. The predicted molar refractivity (Wildman–Crippen MR) is 78.1 cm³/mol. The minimum atomic E-state index is 0.181. The lowest BCUT2D eigenvalue weighted by atomic mass is 9.99. The number of nitrogens with one attached hydrogen (secondary N) is 2. The zero-order valence-corrected chi connectivity index (χ0v) is 12.5. The molecule has 0 aromatic rings. The van der Waals surface area contributed by atoms with Crippen LogP contribution >= 0.6 is 0 Å². The second kappa shape index (κ2) is 7.25. The molecule has 4 heteroatoms. The fraction of sp³-hybridized carbons (Fsp3) is 0.933. The Kier molecular flexibility index (Phi) is 5.64. The topological polar surface area (TPSA) is 44.4 Å². The van der Waals surface area contributed by atoms with Crippen molar-refractivity contribution in [3.05, 3.63) is 0 Å². The van der Waals surface area contributed by atoms with Gasteiger partial charge in [0.05, 0.1) is 0 Å². The van der Waals surface area contributed by atoms with Crippen LogP contribution in [0.5, 0.6) is 0 Å². The molecule has 0 aromatic carbocycles. The zero-order chi connectivity index (χ0) is 13.7. The summed E-state index contributed by atoms with van der Waals surface area (Å²) in [6.07, 6.45) is 6.91. The maximum absolute atomic E-state index is 11.7. The minimum Gasteiger partial charge on any atom is -0.354 e.